The molecule has 0 aromatic carbocycles. The second-order valence-corrected chi connectivity index (χ2v) is 16.7. The first-order chi connectivity index (χ1) is 37.5. The Hall–Kier alpha value is -4.74. The van der Waals surface area contributed by atoms with Gasteiger partial charge in [0.05, 0.1) is 89.5 Å². The molecule has 0 amide bonds. The maximum atomic E-state index is 10.8. The molecule has 0 saturated carbocycles. The standard InChI is InChI=1S/3C14H23N3O10.5Ti/c3*18-10(19)5-15(1-3-16(6-11(20)21)7-12(22)23)2-4-17(8-13(24)25)9-14(26)27;;;;;/h3*1-9H2,(H,18,19)(H,20,21)(H,22,23)(H,24,25)(H,26,27);;;;;/q;;;5*+3/p-15. The van der Waals surface area contributed by atoms with Gasteiger partial charge in [0.2, 0.25) is 0 Å². The number of rotatable bonds is 48. The van der Waals surface area contributed by atoms with E-state index in [9.17, 15) is 149 Å². The maximum absolute atomic E-state index is 10.8. The summed E-state index contributed by atoms with van der Waals surface area (Å²) in [4.78, 5) is 169. The summed E-state index contributed by atoms with van der Waals surface area (Å²) in [6.07, 6.45) is 0. The average molecular weight is 1400 g/mol. The molecule has 0 saturated heterocycles. The van der Waals surface area contributed by atoms with E-state index in [0.29, 0.717) is 0 Å². The summed E-state index contributed by atoms with van der Waals surface area (Å²) in [5, 5.41) is 160. The number of carbonyl (C=O) groups is 15. The summed E-state index contributed by atoms with van der Waals surface area (Å²) in [5.41, 5.74) is 0. The van der Waals surface area contributed by atoms with Gasteiger partial charge >= 0.3 is 109 Å². The molecule has 0 bridgehead atoms. The van der Waals surface area contributed by atoms with Crippen molar-refractivity contribution in [1.29, 1.82) is 0 Å². The monoisotopic (exact) mass is 1400 g/mol. The van der Waals surface area contributed by atoms with E-state index in [-0.39, 0.29) is 187 Å². The van der Waals surface area contributed by atoms with Gasteiger partial charge in [0, 0.05) is 177 Å². The van der Waals surface area contributed by atoms with Crippen LogP contribution in [0.2, 0.25) is 0 Å². The Morgan fingerprint density at radius 3 is 0.267 bits per heavy atom. The summed E-state index contributed by atoms with van der Waals surface area (Å²) in [6, 6.07) is 0. The Bertz CT molecular complexity index is 1700. The van der Waals surface area contributed by atoms with Crippen molar-refractivity contribution in [2.45, 2.75) is 0 Å². The molecule has 44 heteroatoms. The average Bonchev–Trinajstić information content (AvgIpc) is 3.26. The number of hydrogen-bond donors (Lipinski definition) is 0. The SMILES string of the molecule is O=C([O-])CN(CCN(CC(=O)[O-])CC(=O)[O-])CCN(CC(=O)[O-])CC(=O)[O-].O=C([O-])CN(CCN(CC(=O)[O-])CC(=O)[O-])CCN(CC(=O)[O-])CC(=O)[O-].O=C([O-])CN(CCN(CC(=O)[O-])CC(=O)[O-])CCN(CC(=O)[O-])CC(=O)[O-].[Ti+3].[Ti+3].[Ti+3].[Ti+3].[Ti+3]. The van der Waals surface area contributed by atoms with Crippen molar-refractivity contribution in [3.05, 3.63) is 0 Å². The zero-order valence-corrected chi connectivity index (χ0v) is 53.2. The van der Waals surface area contributed by atoms with E-state index in [2.05, 4.69) is 0 Å². The molecular formula is C42H54N9O30Ti5. The molecule has 0 fully saturated rings. The molecule has 0 aliphatic rings. The molecule has 0 heterocycles. The first-order valence-electron chi connectivity index (χ1n) is 23.0. The third-order valence-electron chi connectivity index (χ3n) is 9.69. The van der Waals surface area contributed by atoms with Crippen LogP contribution in [0, 0.1) is 0 Å². The van der Waals surface area contributed by atoms with Crippen LogP contribution in [-0.4, -0.2) is 310 Å². The van der Waals surface area contributed by atoms with Gasteiger partial charge in [-0.3, -0.25) is 44.1 Å². The smallest absolute Gasteiger partial charge is 0.549 e. The zero-order valence-electron chi connectivity index (χ0n) is 45.4. The molecule has 0 aliphatic heterocycles. The van der Waals surface area contributed by atoms with Crippen molar-refractivity contribution >= 4 is 89.5 Å². The Morgan fingerprint density at radius 1 is 0.140 bits per heavy atom. The molecule has 0 aromatic heterocycles. The van der Waals surface area contributed by atoms with Crippen molar-refractivity contribution in [2.75, 3.05) is 177 Å². The Morgan fingerprint density at radius 2 is 0.198 bits per heavy atom. The molecule has 0 rings (SSSR count). The number of carbonyl (C=O) groups excluding carboxylic acids is 15. The fourth-order valence-electron chi connectivity index (χ4n) is 6.53. The van der Waals surface area contributed by atoms with E-state index in [1.165, 1.54) is 14.7 Å². The van der Waals surface area contributed by atoms with Crippen molar-refractivity contribution in [3.63, 3.8) is 0 Å². The topological polar surface area (TPSA) is 631 Å². The van der Waals surface area contributed by atoms with E-state index < -0.39 is 188 Å². The normalized spacial score (nSPS) is 10.4. The van der Waals surface area contributed by atoms with Crippen LogP contribution in [0.5, 0.6) is 0 Å². The fourth-order valence-corrected chi connectivity index (χ4v) is 6.53. The molecule has 0 N–H and O–H groups in total. The summed E-state index contributed by atoms with van der Waals surface area (Å²) in [6.45, 7) is -12.5. The minimum Gasteiger partial charge on any atom is -0.549 e. The third-order valence-corrected chi connectivity index (χ3v) is 9.69. The molecule has 467 valence electrons. The van der Waals surface area contributed by atoms with Gasteiger partial charge in [0.25, 0.3) is 0 Å². The van der Waals surface area contributed by atoms with Gasteiger partial charge in [-0.1, -0.05) is 0 Å². The van der Waals surface area contributed by atoms with Crippen molar-refractivity contribution in [2.24, 2.45) is 0 Å². The van der Waals surface area contributed by atoms with E-state index in [4.69, 9.17) is 0 Å². The summed E-state index contributed by atoms with van der Waals surface area (Å²) < 4.78 is 0. The van der Waals surface area contributed by atoms with Crippen molar-refractivity contribution < 1.29 is 257 Å². The Balaban J connectivity index is -0.000000172. The third kappa shape index (κ3) is 66.8. The minimum absolute atomic E-state index is 0. The molecule has 0 atom stereocenters. The molecule has 0 aromatic rings. The maximum Gasteiger partial charge on any atom is 3.00 e. The quantitative estimate of drug-likeness (QED) is 0.0511. The van der Waals surface area contributed by atoms with Gasteiger partial charge in [-0.2, -0.15) is 0 Å². The van der Waals surface area contributed by atoms with Crippen LogP contribution in [-0.2, 0) is 181 Å². The summed E-state index contributed by atoms with van der Waals surface area (Å²) >= 11 is 0. The molecular weight excluding hydrogens is 1350 g/mol. The number of nitrogens with zero attached hydrogens (tertiary/aromatic N) is 9. The van der Waals surface area contributed by atoms with Gasteiger partial charge < -0.3 is 149 Å². The van der Waals surface area contributed by atoms with Gasteiger partial charge in [0.15, 0.2) is 0 Å². The van der Waals surface area contributed by atoms with E-state index in [0.717, 1.165) is 29.4 Å². The van der Waals surface area contributed by atoms with Gasteiger partial charge in [0.1, 0.15) is 0 Å². The minimum atomic E-state index is -1.54. The number of hydrogen-bond acceptors (Lipinski definition) is 39. The van der Waals surface area contributed by atoms with Crippen LogP contribution >= 0.6 is 0 Å². The van der Waals surface area contributed by atoms with Gasteiger partial charge in [-0.25, -0.2) is 0 Å². The summed E-state index contributed by atoms with van der Waals surface area (Å²) in [7, 11) is 0. The first-order valence-corrected chi connectivity index (χ1v) is 23.0. The molecule has 39 nitrogen and oxygen atoms in total. The molecule has 5 radical (unpaired) electrons. The van der Waals surface area contributed by atoms with Crippen LogP contribution in [0.4, 0.5) is 0 Å². The zero-order chi connectivity index (χ0) is 62.9. The predicted octanol–water partition coefficient (Wildman–Crippen LogP) is -28.1. The predicted molar refractivity (Wildman–Crippen MR) is 223 cm³/mol. The number of carboxylic acids is 15. The molecule has 0 aliphatic carbocycles. The molecule has 86 heavy (non-hydrogen) atoms. The largest absolute Gasteiger partial charge is 3.00 e. The van der Waals surface area contributed by atoms with Crippen molar-refractivity contribution in [1.82, 2.24) is 44.1 Å². The molecule has 0 spiro atoms. The van der Waals surface area contributed by atoms with Gasteiger partial charge in [-0.05, 0) is 0 Å². The second kappa shape index (κ2) is 56.7. The Labute approximate surface area is 563 Å². The molecule has 0 unspecified atom stereocenters. The van der Waals surface area contributed by atoms with Crippen LogP contribution < -0.4 is 76.6 Å². The number of aliphatic carboxylic acids is 15. The van der Waals surface area contributed by atoms with E-state index in [1.807, 2.05) is 0 Å². The van der Waals surface area contributed by atoms with Crippen LogP contribution in [0.3, 0.4) is 0 Å². The van der Waals surface area contributed by atoms with Gasteiger partial charge in [-0.15, -0.1) is 0 Å². The fraction of sp³-hybridized carbons (Fsp3) is 0.643. The second-order valence-electron chi connectivity index (χ2n) is 16.7. The Kier molecular flexibility index (Phi) is 64.4. The first kappa shape index (κ1) is 97.5. The van der Waals surface area contributed by atoms with Crippen LogP contribution in [0.1, 0.15) is 0 Å². The number of carboxylic acid groups (broad SMARTS) is 15. The van der Waals surface area contributed by atoms with Crippen LogP contribution in [0.15, 0.2) is 0 Å². The van der Waals surface area contributed by atoms with E-state index >= 15 is 0 Å². The van der Waals surface area contributed by atoms with E-state index in [1.54, 1.807) is 0 Å². The van der Waals surface area contributed by atoms with Crippen molar-refractivity contribution in [3.8, 4) is 0 Å². The van der Waals surface area contributed by atoms with Crippen LogP contribution in [0.25, 0.3) is 0 Å². The summed E-state index contributed by atoms with van der Waals surface area (Å²) in [5.74, 6) is -23.0.